The largest absolute Gasteiger partial charge is 0.379 e. The second-order valence-corrected chi connectivity index (χ2v) is 7.22. The van der Waals surface area contributed by atoms with Crippen LogP contribution in [0.25, 0.3) is 0 Å². The van der Waals surface area contributed by atoms with Gasteiger partial charge in [-0.2, -0.15) is 0 Å². The molecule has 1 unspecified atom stereocenters. The van der Waals surface area contributed by atoms with Crippen LogP contribution in [0.2, 0.25) is 0 Å². The molecule has 0 aliphatic heterocycles. The molecule has 0 aromatic rings. The Morgan fingerprint density at radius 1 is 0.800 bits per heavy atom. The summed E-state index contributed by atoms with van der Waals surface area (Å²) in [5.74, 6) is 0.939. The first-order chi connectivity index (χ1) is 12.2. The van der Waals surface area contributed by atoms with Crippen LogP contribution in [0.1, 0.15) is 91.4 Å². The molecular weight excluding hydrogens is 314 g/mol. The molecule has 1 amide bonds. The van der Waals surface area contributed by atoms with Crippen molar-refractivity contribution in [2.24, 2.45) is 5.92 Å². The van der Waals surface area contributed by atoms with Gasteiger partial charge in [0.2, 0.25) is 5.91 Å². The lowest BCUT2D eigenvalue weighted by Crippen LogP contribution is -2.20. The van der Waals surface area contributed by atoms with E-state index in [0.29, 0.717) is 13.2 Å². The monoisotopic (exact) mass is 357 g/mol. The zero-order chi connectivity index (χ0) is 18.6. The van der Waals surface area contributed by atoms with Crippen LogP contribution in [0, 0.1) is 5.92 Å². The van der Waals surface area contributed by atoms with Crippen molar-refractivity contribution in [3.05, 3.63) is 0 Å². The molecule has 0 spiro atoms. The van der Waals surface area contributed by atoms with Crippen molar-refractivity contribution in [3.63, 3.8) is 0 Å². The molecule has 1 N–H and O–H groups in total. The third-order valence-corrected chi connectivity index (χ3v) is 4.50. The molecule has 0 aliphatic carbocycles. The van der Waals surface area contributed by atoms with Crippen molar-refractivity contribution < 1.29 is 14.3 Å². The van der Waals surface area contributed by atoms with E-state index in [2.05, 4.69) is 19.2 Å². The van der Waals surface area contributed by atoms with Gasteiger partial charge < -0.3 is 14.8 Å². The third-order valence-electron chi connectivity index (χ3n) is 4.50. The van der Waals surface area contributed by atoms with Crippen molar-refractivity contribution in [2.75, 3.05) is 33.0 Å². The van der Waals surface area contributed by atoms with Crippen molar-refractivity contribution >= 4 is 5.91 Å². The highest BCUT2D eigenvalue weighted by Gasteiger charge is 2.01. The van der Waals surface area contributed by atoms with E-state index >= 15 is 0 Å². The van der Waals surface area contributed by atoms with Gasteiger partial charge in [0, 0.05) is 26.7 Å². The van der Waals surface area contributed by atoms with E-state index in [1.165, 1.54) is 51.4 Å². The number of unbranched alkanes of at least 4 members (excludes halogenated alkanes) is 6. The maximum atomic E-state index is 10.7. The van der Waals surface area contributed by atoms with E-state index in [1.807, 2.05) is 0 Å². The van der Waals surface area contributed by atoms with E-state index in [1.54, 1.807) is 6.92 Å². The van der Waals surface area contributed by atoms with Gasteiger partial charge in [0.25, 0.3) is 0 Å². The second-order valence-electron chi connectivity index (χ2n) is 7.22. The Hall–Kier alpha value is -0.610. The second kappa shape index (κ2) is 19.7. The van der Waals surface area contributed by atoms with Gasteiger partial charge in [0.1, 0.15) is 0 Å². The van der Waals surface area contributed by atoms with Crippen LogP contribution >= 0.6 is 0 Å². The lowest BCUT2D eigenvalue weighted by Gasteiger charge is -2.10. The Balaban J connectivity index is 3.08. The number of ether oxygens (including phenoxy) is 2. The van der Waals surface area contributed by atoms with Gasteiger partial charge in [-0.15, -0.1) is 0 Å². The fraction of sp³-hybridized carbons (Fsp3) is 0.952. The van der Waals surface area contributed by atoms with E-state index in [-0.39, 0.29) is 5.91 Å². The standard InChI is InChI=1S/C21H43NO3/c1-4-5-8-13-20(2)14-9-6-11-16-24-18-19-25-17-12-7-10-15-22-21(3)23/h20H,4-19H2,1-3H3,(H,22,23). The average Bonchev–Trinajstić information content (AvgIpc) is 2.58. The van der Waals surface area contributed by atoms with Crippen LogP contribution in [-0.4, -0.2) is 38.9 Å². The van der Waals surface area contributed by atoms with E-state index in [9.17, 15) is 4.79 Å². The summed E-state index contributed by atoms with van der Waals surface area (Å²) in [5.41, 5.74) is 0. The highest BCUT2D eigenvalue weighted by molar-refractivity contribution is 5.72. The van der Waals surface area contributed by atoms with Gasteiger partial charge in [-0.05, 0) is 31.6 Å². The van der Waals surface area contributed by atoms with Crippen molar-refractivity contribution in [1.29, 1.82) is 0 Å². The summed E-state index contributed by atoms with van der Waals surface area (Å²) in [5, 5.41) is 2.80. The van der Waals surface area contributed by atoms with Gasteiger partial charge >= 0.3 is 0 Å². The minimum Gasteiger partial charge on any atom is -0.379 e. The molecule has 4 nitrogen and oxygen atoms in total. The lowest BCUT2D eigenvalue weighted by molar-refractivity contribution is -0.118. The number of amides is 1. The molecule has 0 rings (SSSR count). The number of nitrogens with one attached hydrogen (secondary N) is 1. The Labute approximate surface area is 156 Å². The normalized spacial score (nSPS) is 12.3. The molecule has 25 heavy (non-hydrogen) atoms. The molecule has 0 aromatic carbocycles. The zero-order valence-corrected chi connectivity index (χ0v) is 17.1. The fourth-order valence-corrected chi connectivity index (χ4v) is 2.85. The van der Waals surface area contributed by atoms with Crippen LogP contribution < -0.4 is 5.32 Å². The minimum atomic E-state index is 0.0508. The molecule has 0 aliphatic rings. The molecule has 0 bridgehead atoms. The Morgan fingerprint density at radius 2 is 1.36 bits per heavy atom. The topological polar surface area (TPSA) is 47.6 Å². The minimum absolute atomic E-state index is 0.0508. The SMILES string of the molecule is CCCCCC(C)CCCCCOCCOCCCCCNC(C)=O. The summed E-state index contributed by atoms with van der Waals surface area (Å²) in [6.45, 7) is 10.0. The van der Waals surface area contributed by atoms with Gasteiger partial charge in [0.15, 0.2) is 0 Å². The number of hydrogen-bond acceptors (Lipinski definition) is 3. The molecule has 0 fully saturated rings. The van der Waals surface area contributed by atoms with E-state index < -0.39 is 0 Å². The zero-order valence-electron chi connectivity index (χ0n) is 17.1. The van der Waals surface area contributed by atoms with Crippen LogP contribution in [0.15, 0.2) is 0 Å². The lowest BCUT2D eigenvalue weighted by atomic mass is 9.97. The summed E-state index contributed by atoms with van der Waals surface area (Å²) < 4.78 is 11.2. The maximum Gasteiger partial charge on any atom is 0.216 e. The molecule has 4 heteroatoms. The van der Waals surface area contributed by atoms with E-state index in [0.717, 1.165) is 44.9 Å². The fourth-order valence-electron chi connectivity index (χ4n) is 2.85. The highest BCUT2D eigenvalue weighted by Crippen LogP contribution is 2.16. The predicted octanol–water partition coefficient (Wildman–Crippen LogP) is 5.10. The first-order valence-corrected chi connectivity index (χ1v) is 10.6. The molecule has 0 aromatic heterocycles. The van der Waals surface area contributed by atoms with Crippen molar-refractivity contribution in [2.45, 2.75) is 91.4 Å². The van der Waals surface area contributed by atoms with Crippen molar-refractivity contribution in [3.8, 4) is 0 Å². The summed E-state index contributed by atoms with van der Waals surface area (Å²) in [6.07, 6.45) is 13.8. The first kappa shape index (κ1) is 24.4. The predicted molar refractivity (Wildman–Crippen MR) is 106 cm³/mol. The van der Waals surface area contributed by atoms with Crippen molar-refractivity contribution in [1.82, 2.24) is 5.32 Å². The van der Waals surface area contributed by atoms with Crippen LogP contribution in [0.3, 0.4) is 0 Å². The van der Waals surface area contributed by atoms with Crippen LogP contribution in [0.4, 0.5) is 0 Å². The molecule has 0 saturated carbocycles. The van der Waals surface area contributed by atoms with Gasteiger partial charge in [-0.1, -0.05) is 58.8 Å². The summed E-state index contributed by atoms with van der Waals surface area (Å²) in [6, 6.07) is 0. The molecule has 1 atom stereocenters. The van der Waals surface area contributed by atoms with Gasteiger partial charge in [0.05, 0.1) is 13.2 Å². The van der Waals surface area contributed by atoms with Crippen LogP contribution in [0.5, 0.6) is 0 Å². The number of rotatable bonds is 19. The van der Waals surface area contributed by atoms with E-state index in [4.69, 9.17) is 9.47 Å². The Kier molecular flexibility index (Phi) is 19.2. The molecule has 0 heterocycles. The molecule has 150 valence electrons. The number of carbonyl (C=O) groups excluding carboxylic acids is 1. The maximum absolute atomic E-state index is 10.7. The first-order valence-electron chi connectivity index (χ1n) is 10.6. The Bertz CT molecular complexity index is 284. The Morgan fingerprint density at radius 3 is 1.92 bits per heavy atom. The number of hydrogen-bond donors (Lipinski definition) is 1. The smallest absolute Gasteiger partial charge is 0.216 e. The highest BCUT2D eigenvalue weighted by atomic mass is 16.5. The number of carbonyl (C=O) groups is 1. The molecule has 0 radical (unpaired) electrons. The summed E-state index contributed by atoms with van der Waals surface area (Å²) >= 11 is 0. The average molecular weight is 358 g/mol. The summed E-state index contributed by atoms with van der Waals surface area (Å²) in [7, 11) is 0. The van der Waals surface area contributed by atoms with Crippen LogP contribution in [-0.2, 0) is 14.3 Å². The summed E-state index contributed by atoms with van der Waals surface area (Å²) in [4.78, 5) is 10.7. The third kappa shape index (κ3) is 21.3. The molecule has 0 saturated heterocycles. The van der Waals surface area contributed by atoms with Gasteiger partial charge in [-0.25, -0.2) is 0 Å². The van der Waals surface area contributed by atoms with Gasteiger partial charge in [-0.3, -0.25) is 4.79 Å². The molecular formula is C21H43NO3. The quantitative estimate of drug-likeness (QED) is 0.327.